The Bertz CT molecular complexity index is 513. The lowest BCUT2D eigenvalue weighted by Crippen LogP contribution is -2.32. The van der Waals surface area contributed by atoms with Crippen LogP contribution >= 0.6 is 22.9 Å². The minimum atomic E-state index is -0.342. The molecule has 0 saturated heterocycles. The maximum absolute atomic E-state index is 13.4. The number of likely N-dealkylation sites (N-methyl/N-ethyl adjacent to an activating group) is 1. The molecular weight excluding hydrogens is 281 g/mol. The van der Waals surface area contributed by atoms with Crippen molar-refractivity contribution in [3.63, 3.8) is 0 Å². The lowest BCUT2D eigenvalue weighted by Gasteiger charge is -2.18. The maximum Gasteiger partial charge on any atom is 0.142 e. The number of benzene rings is 1. The van der Waals surface area contributed by atoms with Gasteiger partial charge in [0.2, 0.25) is 0 Å². The van der Waals surface area contributed by atoms with E-state index >= 15 is 0 Å². The maximum atomic E-state index is 13.4. The lowest BCUT2D eigenvalue weighted by molar-refractivity contribution is 0.522. The van der Waals surface area contributed by atoms with E-state index in [1.807, 2.05) is 6.07 Å². The Balaban J connectivity index is 2.09. The fraction of sp³-hybridized carbons (Fsp3) is 0.333. The van der Waals surface area contributed by atoms with Crippen LogP contribution in [-0.2, 0) is 12.8 Å². The topological polar surface area (TPSA) is 12.0 Å². The predicted molar refractivity (Wildman–Crippen MR) is 80.6 cm³/mol. The normalized spacial score (nSPS) is 12.6. The van der Waals surface area contributed by atoms with E-state index in [-0.39, 0.29) is 16.9 Å². The van der Waals surface area contributed by atoms with Gasteiger partial charge in [-0.1, -0.05) is 36.7 Å². The SMILES string of the molecule is CCNC(Cc1cccs1)Cc1cccc(F)c1Cl. The van der Waals surface area contributed by atoms with Crippen molar-refractivity contribution in [1.29, 1.82) is 0 Å². The number of hydrogen-bond donors (Lipinski definition) is 1. The van der Waals surface area contributed by atoms with Crippen LogP contribution in [0.1, 0.15) is 17.4 Å². The molecule has 0 fully saturated rings. The van der Waals surface area contributed by atoms with Crippen LogP contribution in [0.4, 0.5) is 4.39 Å². The van der Waals surface area contributed by atoms with E-state index in [1.165, 1.54) is 10.9 Å². The van der Waals surface area contributed by atoms with E-state index in [1.54, 1.807) is 17.4 Å². The smallest absolute Gasteiger partial charge is 0.142 e. The van der Waals surface area contributed by atoms with Crippen LogP contribution in [0.5, 0.6) is 0 Å². The molecule has 1 atom stereocenters. The summed E-state index contributed by atoms with van der Waals surface area (Å²) in [5, 5.41) is 5.77. The summed E-state index contributed by atoms with van der Waals surface area (Å²) >= 11 is 7.77. The zero-order valence-electron chi connectivity index (χ0n) is 10.8. The van der Waals surface area contributed by atoms with Gasteiger partial charge in [0, 0.05) is 10.9 Å². The highest BCUT2D eigenvalue weighted by Crippen LogP contribution is 2.22. The zero-order valence-corrected chi connectivity index (χ0v) is 12.4. The molecule has 2 aromatic rings. The summed E-state index contributed by atoms with van der Waals surface area (Å²) in [5.41, 5.74) is 0.865. The summed E-state index contributed by atoms with van der Waals surface area (Å²) in [4.78, 5) is 1.33. The molecule has 2 rings (SSSR count). The molecule has 0 bridgehead atoms. The van der Waals surface area contributed by atoms with Crippen LogP contribution in [0.15, 0.2) is 35.7 Å². The molecule has 1 aromatic heterocycles. The Morgan fingerprint density at radius 1 is 1.26 bits per heavy atom. The zero-order chi connectivity index (χ0) is 13.7. The van der Waals surface area contributed by atoms with E-state index in [4.69, 9.17) is 11.6 Å². The van der Waals surface area contributed by atoms with Crippen LogP contribution in [0, 0.1) is 5.82 Å². The molecule has 1 aromatic carbocycles. The third-order valence-corrected chi connectivity index (χ3v) is 4.34. The Labute approximate surface area is 122 Å². The molecule has 1 unspecified atom stereocenters. The lowest BCUT2D eigenvalue weighted by atomic mass is 10.0. The van der Waals surface area contributed by atoms with Crippen LogP contribution in [0.2, 0.25) is 5.02 Å². The first-order chi connectivity index (χ1) is 9.20. The molecule has 1 nitrogen and oxygen atoms in total. The fourth-order valence-electron chi connectivity index (χ4n) is 2.15. The van der Waals surface area contributed by atoms with Gasteiger partial charge in [0.05, 0.1) is 5.02 Å². The Hall–Kier alpha value is -0.900. The molecule has 19 heavy (non-hydrogen) atoms. The second-order valence-electron chi connectivity index (χ2n) is 4.46. The average Bonchev–Trinajstić information content (AvgIpc) is 2.88. The van der Waals surface area contributed by atoms with Gasteiger partial charge >= 0.3 is 0 Å². The van der Waals surface area contributed by atoms with Crippen molar-refractivity contribution in [3.05, 3.63) is 57.0 Å². The van der Waals surface area contributed by atoms with Gasteiger partial charge < -0.3 is 5.32 Å². The first-order valence-corrected chi connectivity index (χ1v) is 7.65. The minimum Gasteiger partial charge on any atom is -0.314 e. The molecule has 0 amide bonds. The second kappa shape index (κ2) is 7.04. The van der Waals surface area contributed by atoms with E-state index in [2.05, 4.69) is 29.8 Å². The van der Waals surface area contributed by atoms with Crippen molar-refractivity contribution in [3.8, 4) is 0 Å². The van der Waals surface area contributed by atoms with E-state index < -0.39 is 0 Å². The molecule has 0 aliphatic carbocycles. The second-order valence-corrected chi connectivity index (χ2v) is 5.87. The van der Waals surface area contributed by atoms with Crippen LogP contribution in [-0.4, -0.2) is 12.6 Å². The van der Waals surface area contributed by atoms with Crippen molar-refractivity contribution < 1.29 is 4.39 Å². The number of thiophene rings is 1. The third kappa shape index (κ3) is 4.03. The first-order valence-electron chi connectivity index (χ1n) is 6.39. The molecule has 1 heterocycles. The molecule has 0 aliphatic rings. The van der Waals surface area contributed by atoms with E-state index in [0.29, 0.717) is 0 Å². The Morgan fingerprint density at radius 2 is 2.11 bits per heavy atom. The molecule has 0 saturated carbocycles. The van der Waals surface area contributed by atoms with Gasteiger partial charge in [-0.05, 0) is 42.5 Å². The van der Waals surface area contributed by atoms with E-state index in [9.17, 15) is 4.39 Å². The number of halogens is 2. The highest BCUT2D eigenvalue weighted by atomic mass is 35.5. The molecule has 102 valence electrons. The fourth-order valence-corrected chi connectivity index (χ4v) is 3.14. The van der Waals surface area contributed by atoms with Crippen LogP contribution in [0.3, 0.4) is 0 Å². The van der Waals surface area contributed by atoms with Gasteiger partial charge in [-0.2, -0.15) is 0 Å². The van der Waals surface area contributed by atoms with Gasteiger partial charge in [-0.15, -0.1) is 11.3 Å². The van der Waals surface area contributed by atoms with Gasteiger partial charge in [0.1, 0.15) is 5.82 Å². The van der Waals surface area contributed by atoms with Gasteiger partial charge in [-0.25, -0.2) is 4.39 Å². The highest BCUT2D eigenvalue weighted by Gasteiger charge is 2.13. The van der Waals surface area contributed by atoms with Crippen LogP contribution < -0.4 is 5.32 Å². The van der Waals surface area contributed by atoms with Gasteiger partial charge in [0.25, 0.3) is 0 Å². The standard InChI is InChI=1S/C15H17ClFNS/c1-2-18-12(10-13-6-4-8-19-13)9-11-5-3-7-14(17)15(11)16/h3-8,12,18H,2,9-10H2,1H3. The Kier molecular flexibility index (Phi) is 5.37. The van der Waals surface area contributed by atoms with Crippen molar-refractivity contribution in [2.24, 2.45) is 0 Å². The van der Waals surface area contributed by atoms with Crippen molar-refractivity contribution >= 4 is 22.9 Å². The number of hydrogen-bond acceptors (Lipinski definition) is 2. The molecule has 1 N–H and O–H groups in total. The van der Waals surface area contributed by atoms with Crippen molar-refractivity contribution in [2.75, 3.05) is 6.54 Å². The molecule has 0 spiro atoms. The van der Waals surface area contributed by atoms with Crippen molar-refractivity contribution in [1.82, 2.24) is 5.32 Å². The van der Waals surface area contributed by atoms with Gasteiger partial charge in [0.15, 0.2) is 0 Å². The summed E-state index contributed by atoms with van der Waals surface area (Å²) < 4.78 is 13.4. The third-order valence-electron chi connectivity index (χ3n) is 3.02. The molecule has 4 heteroatoms. The monoisotopic (exact) mass is 297 g/mol. The summed E-state index contributed by atoms with van der Waals surface area (Å²) in [7, 11) is 0. The van der Waals surface area contributed by atoms with E-state index in [0.717, 1.165) is 24.9 Å². The summed E-state index contributed by atoms with van der Waals surface area (Å²) in [5.74, 6) is -0.342. The van der Waals surface area contributed by atoms with Crippen LogP contribution in [0.25, 0.3) is 0 Å². The highest BCUT2D eigenvalue weighted by molar-refractivity contribution is 7.09. The average molecular weight is 298 g/mol. The molecule has 0 radical (unpaired) electrons. The quantitative estimate of drug-likeness (QED) is 0.838. The number of nitrogens with one attached hydrogen (secondary N) is 1. The first kappa shape index (κ1) is 14.5. The van der Waals surface area contributed by atoms with Crippen molar-refractivity contribution in [2.45, 2.75) is 25.8 Å². The summed E-state index contributed by atoms with van der Waals surface area (Å²) in [6.45, 7) is 2.97. The minimum absolute atomic E-state index is 0.247. The number of rotatable bonds is 6. The molecule has 0 aliphatic heterocycles. The Morgan fingerprint density at radius 3 is 2.79 bits per heavy atom. The molecular formula is C15H17ClFNS. The summed E-state index contributed by atoms with van der Waals surface area (Å²) in [6, 6.07) is 9.46. The predicted octanol–water partition coefficient (Wildman–Crippen LogP) is 4.30. The largest absolute Gasteiger partial charge is 0.314 e. The summed E-state index contributed by atoms with van der Waals surface area (Å²) in [6.07, 6.45) is 1.68. The van der Waals surface area contributed by atoms with Gasteiger partial charge in [-0.3, -0.25) is 0 Å².